The van der Waals surface area contributed by atoms with Gasteiger partial charge in [-0.05, 0) is 51.0 Å². The third-order valence-electron chi connectivity index (χ3n) is 8.18. The second-order valence-electron chi connectivity index (χ2n) is 11.3. The van der Waals surface area contributed by atoms with Gasteiger partial charge in [0.15, 0.2) is 0 Å². The van der Waals surface area contributed by atoms with Crippen molar-refractivity contribution in [2.75, 3.05) is 57.0 Å². The van der Waals surface area contributed by atoms with Crippen LogP contribution in [0.1, 0.15) is 22.6 Å². The summed E-state index contributed by atoms with van der Waals surface area (Å²) in [6.45, 7) is 0. The van der Waals surface area contributed by atoms with Crippen LogP contribution in [0.3, 0.4) is 0 Å². The van der Waals surface area contributed by atoms with E-state index in [1.54, 1.807) is 0 Å². The summed E-state index contributed by atoms with van der Waals surface area (Å²) in [6.07, 6.45) is 0. The molecule has 200 valence electrons. The number of hydrogen-bond donors (Lipinski definition) is 0. The Kier molecular flexibility index (Phi) is 6.59. The van der Waals surface area contributed by atoms with Crippen LogP contribution in [0, 0.1) is 0 Å². The fraction of sp³-hybridized carbons (Fsp3) is 0.189. The van der Waals surface area contributed by atoms with Gasteiger partial charge in [0.25, 0.3) is 0 Å². The Bertz CT molecular complexity index is 1630. The summed E-state index contributed by atoms with van der Waals surface area (Å²) >= 11 is 0. The number of anilines is 3. The van der Waals surface area contributed by atoms with Crippen molar-refractivity contribution in [2.45, 2.75) is 5.92 Å². The number of nitrogens with zero attached hydrogens (tertiary/aromatic N) is 3. The molecule has 0 fully saturated rings. The van der Waals surface area contributed by atoms with E-state index in [2.05, 4.69) is 166 Å². The molecule has 0 amide bonds. The Hall–Kier alpha value is -4.50. The highest BCUT2D eigenvalue weighted by Gasteiger charge is 2.25. The summed E-state index contributed by atoms with van der Waals surface area (Å²) in [5.74, 6) is 0.0448. The minimum atomic E-state index is 0.0448. The molecule has 0 spiro atoms. The van der Waals surface area contributed by atoms with E-state index < -0.39 is 0 Å². The molecular formula is C37H37N3. The molecular weight excluding hydrogens is 486 g/mol. The maximum atomic E-state index is 2.35. The molecule has 40 heavy (non-hydrogen) atoms. The predicted octanol–water partition coefficient (Wildman–Crippen LogP) is 8.52. The summed E-state index contributed by atoms with van der Waals surface area (Å²) in [6, 6.07) is 40.5. The first kappa shape index (κ1) is 25.8. The lowest BCUT2D eigenvalue weighted by Crippen LogP contribution is -2.13. The zero-order valence-corrected chi connectivity index (χ0v) is 24.3. The predicted molar refractivity (Wildman–Crippen MR) is 176 cm³/mol. The molecule has 6 aromatic rings. The van der Waals surface area contributed by atoms with Crippen LogP contribution in [0.4, 0.5) is 17.1 Å². The Morgan fingerprint density at radius 2 is 0.575 bits per heavy atom. The van der Waals surface area contributed by atoms with E-state index in [1.165, 1.54) is 66.1 Å². The normalized spacial score (nSPS) is 11.5. The monoisotopic (exact) mass is 523 g/mol. The van der Waals surface area contributed by atoms with Crippen molar-refractivity contribution in [1.29, 1.82) is 0 Å². The maximum Gasteiger partial charge on any atom is 0.0440 e. The number of hydrogen-bond acceptors (Lipinski definition) is 3. The molecule has 0 N–H and O–H groups in total. The van der Waals surface area contributed by atoms with E-state index in [9.17, 15) is 0 Å². The van der Waals surface area contributed by atoms with Crippen LogP contribution in [0.15, 0.2) is 109 Å². The van der Waals surface area contributed by atoms with E-state index >= 15 is 0 Å². The smallest absolute Gasteiger partial charge is 0.0440 e. The molecule has 0 unspecified atom stereocenters. The lowest BCUT2D eigenvalue weighted by atomic mass is 9.78. The van der Waals surface area contributed by atoms with E-state index in [4.69, 9.17) is 0 Å². The molecule has 0 saturated carbocycles. The van der Waals surface area contributed by atoms with Crippen LogP contribution >= 0.6 is 0 Å². The number of benzene rings is 6. The lowest BCUT2D eigenvalue weighted by Gasteiger charge is -2.28. The minimum Gasteiger partial charge on any atom is -0.377 e. The van der Waals surface area contributed by atoms with Crippen LogP contribution in [0.25, 0.3) is 32.3 Å². The molecule has 0 aromatic heterocycles. The van der Waals surface area contributed by atoms with Gasteiger partial charge < -0.3 is 14.7 Å². The van der Waals surface area contributed by atoms with Crippen LogP contribution in [0.2, 0.25) is 0 Å². The molecule has 0 aliphatic carbocycles. The Labute approximate surface area is 237 Å². The summed E-state index contributed by atoms with van der Waals surface area (Å²) in [4.78, 5) is 6.64. The molecule has 3 nitrogen and oxygen atoms in total. The third-order valence-corrected chi connectivity index (χ3v) is 8.18. The first-order valence-corrected chi connectivity index (χ1v) is 13.9. The highest BCUT2D eigenvalue weighted by molar-refractivity contribution is 6.02. The maximum absolute atomic E-state index is 2.35. The lowest BCUT2D eigenvalue weighted by molar-refractivity contribution is 1.01. The average Bonchev–Trinajstić information content (AvgIpc) is 2.96. The summed E-state index contributed by atoms with van der Waals surface area (Å²) in [5.41, 5.74) is 7.68. The summed E-state index contributed by atoms with van der Waals surface area (Å²) in [7, 11) is 12.7. The van der Waals surface area contributed by atoms with Crippen molar-refractivity contribution in [3.63, 3.8) is 0 Å². The van der Waals surface area contributed by atoms with E-state index in [-0.39, 0.29) is 5.92 Å². The van der Waals surface area contributed by atoms with Crippen LogP contribution in [-0.2, 0) is 0 Å². The molecule has 0 aliphatic rings. The standard InChI is InChI=1S/C37H37N3/c1-38(2)34-22-19-31(25-13-7-10-16-28(25)34)37(32-20-23-35(39(3)4)29-17-11-8-14-26(29)32)33-21-24-36(40(5)6)30-18-12-9-15-27(30)33/h7-24,37H,1-6H3. The van der Waals surface area contributed by atoms with Crippen LogP contribution in [-0.4, -0.2) is 42.3 Å². The molecule has 6 aromatic carbocycles. The minimum absolute atomic E-state index is 0.0448. The van der Waals surface area contributed by atoms with Crippen molar-refractivity contribution in [3.05, 3.63) is 126 Å². The first-order chi connectivity index (χ1) is 19.4. The van der Waals surface area contributed by atoms with E-state index in [1.807, 2.05) is 0 Å². The van der Waals surface area contributed by atoms with E-state index in [0.717, 1.165) is 0 Å². The van der Waals surface area contributed by atoms with Gasteiger partial charge in [0.2, 0.25) is 0 Å². The first-order valence-electron chi connectivity index (χ1n) is 13.9. The molecule has 0 heterocycles. The second-order valence-corrected chi connectivity index (χ2v) is 11.3. The Morgan fingerprint density at radius 1 is 0.325 bits per heavy atom. The van der Waals surface area contributed by atoms with Gasteiger partial charge >= 0.3 is 0 Å². The zero-order chi connectivity index (χ0) is 28.0. The van der Waals surface area contributed by atoms with Gasteiger partial charge in [-0.15, -0.1) is 0 Å². The topological polar surface area (TPSA) is 9.72 Å². The van der Waals surface area contributed by atoms with Crippen molar-refractivity contribution < 1.29 is 0 Å². The Morgan fingerprint density at radius 3 is 0.825 bits per heavy atom. The van der Waals surface area contributed by atoms with Gasteiger partial charge in [-0.25, -0.2) is 0 Å². The highest BCUT2D eigenvalue weighted by atomic mass is 15.1. The third kappa shape index (κ3) is 4.23. The molecule has 3 heteroatoms. The molecule has 0 atom stereocenters. The summed E-state index contributed by atoms with van der Waals surface area (Å²) in [5, 5.41) is 7.70. The quantitative estimate of drug-likeness (QED) is 0.203. The van der Waals surface area contributed by atoms with Crippen LogP contribution < -0.4 is 14.7 Å². The number of fused-ring (bicyclic) bond motifs is 3. The van der Waals surface area contributed by atoms with Crippen molar-refractivity contribution in [1.82, 2.24) is 0 Å². The molecule has 6 rings (SSSR count). The van der Waals surface area contributed by atoms with Gasteiger partial charge in [0.1, 0.15) is 0 Å². The van der Waals surface area contributed by atoms with Crippen molar-refractivity contribution >= 4 is 49.4 Å². The SMILES string of the molecule is CN(C)c1ccc(C(c2ccc(N(C)C)c3ccccc23)c2ccc(N(C)C)c3ccccc23)c2ccccc12. The van der Waals surface area contributed by atoms with Gasteiger partial charge in [-0.2, -0.15) is 0 Å². The zero-order valence-electron chi connectivity index (χ0n) is 24.3. The molecule has 0 radical (unpaired) electrons. The van der Waals surface area contributed by atoms with Gasteiger partial charge in [-0.3, -0.25) is 0 Å². The molecule has 0 aliphatic heterocycles. The van der Waals surface area contributed by atoms with Gasteiger partial charge in [0, 0.05) is 81.4 Å². The second kappa shape index (κ2) is 10.2. The van der Waals surface area contributed by atoms with Gasteiger partial charge in [0.05, 0.1) is 0 Å². The van der Waals surface area contributed by atoms with Crippen molar-refractivity contribution in [3.8, 4) is 0 Å². The fourth-order valence-corrected chi connectivity index (χ4v) is 6.35. The average molecular weight is 524 g/mol. The highest BCUT2D eigenvalue weighted by Crippen LogP contribution is 2.45. The fourth-order valence-electron chi connectivity index (χ4n) is 6.35. The molecule has 0 bridgehead atoms. The van der Waals surface area contributed by atoms with E-state index in [0.29, 0.717) is 0 Å². The van der Waals surface area contributed by atoms with Gasteiger partial charge in [-0.1, -0.05) is 91.0 Å². The van der Waals surface area contributed by atoms with Crippen LogP contribution in [0.5, 0.6) is 0 Å². The number of rotatable bonds is 6. The Balaban J connectivity index is 1.75. The summed E-state index contributed by atoms with van der Waals surface area (Å²) < 4.78 is 0. The van der Waals surface area contributed by atoms with Crippen molar-refractivity contribution in [2.24, 2.45) is 0 Å². The largest absolute Gasteiger partial charge is 0.377 e. The molecule has 0 saturated heterocycles.